The number of hydrogen-bond donors (Lipinski definition) is 1. The van der Waals surface area contributed by atoms with E-state index in [2.05, 4.69) is 39.4 Å². The van der Waals surface area contributed by atoms with Crippen molar-refractivity contribution >= 4 is 15.9 Å². The van der Waals surface area contributed by atoms with Crippen molar-refractivity contribution in [3.8, 4) is 0 Å². The Labute approximate surface area is 105 Å². The molecule has 0 amide bonds. The van der Waals surface area contributed by atoms with Gasteiger partial charge >= 0.3 is 0 Å². The standard InChI is InChI=1S/C13H16BrNO/c14-12-2-1-11-8-13(4-3-10(11)7-12)9-15-5-6-16-13/h1-2,7,15H,3-6,8-9H2. The van der Waals surface area contributed by atoms with Crippen molar-refractivity contribution in [2.45, 2.75) is 24.9 Å². The molecular weight excluding hydrogens is 266 g/mol. The second-order valence-electron chi connectivity index (χ2n) is 4.80. The minimum Gasteiger partial charge on any atom is -0.372 e. The summed E-state index contributed by atoms with van der Waals surface area (Å²) in [6.07, 6.45) is 3.34. The predicted octanol–water partition coefficient (Wildman–Crippen LogP) is 2.30. The maximum Gasteiger partial charge on any atom is 0.0850 e. The maximum atomic E-state index is 6.02. The van der Waals surface area contributed by atoms with Gasteiger partial charge < -0.3 is 10.1 Å². The van der Waals surface area contributed by atoms with Gasteiger partial charge in [-0.15, -0.1) is 0 Å². The monoisotopic (exact) mass is 281 g/mol. The van der Waals surface area contributed by atoms with Crippen LogP contribution in [0.1, 0.15) is 17.5 Å². The number of benzene rings is 1. The van der Waals surface area contributed by atoms with Gasteiger partial charge in [0.05, 0.1) is 12.2 Å². The van der Waals surface area contributed by atoms with Gasteiger partial charge in [0.15, 0.2) is 0 Å². The van der Waals surface area contributed by atoms with Crippen molar-refractivity contribution in [3.63, 3.8) is 0 Å². The van der Waals surface area contributed by atoms with E-state index in [1.165, 1.54) is 15.6 Å². The molecule has 0 radical (unpaired) electrons. The quantitative estimate of drug-likeness (QED) is 0.788. The molecule has 86 valence electrons. The average Bonchev–Trinajstić information content (AvgIpc) is 2.31. The van der Waals surface area contributed by atoms with Crippen molar-refractivity contribution in [2.24, 2.45) is 0 Å². The summed E-state index contributed by atoms with van der Waals surface area (Å²) in [5.74, 6) is 0. The van der Waals surface area contributed by atoms with Crippen molar-refractivity contribution in [1.29, 1.82) is 0 Å². The Hall–Kier alpha value is -0.380. The normalized spacial score (nSPS) is 29.1. The van der Waals surface area contributed by atoms with Crippen LogP contribution >= 0.6 is 15.9 Å². The van der Waals surface area contributed by atoms with E-state index in [1.807, 2.05) is 0 Å². The second kappa shape index (κ2) is 4.13. The highest BCUT2D eigenvalue weighted by Gasteiger charge is 2.36. The van der Waals surface area contributed by atoms with Gasteiger partial charge in [-0.3, -0.25) is 0 Å². The first-order chi connectivity index (χ1) is 7.77. The minimum atomic E-state index is 0.0685. The zero-order valence-corrected chi connectivity index (χ0v) is 10.8. The number of rotatable bonds is 0. The molecule has 3 rings (SSSR count). The van der Waals surface area contributed by atoms with E-state index in [0.717, 1.165) is 39.0 Å². The van der Waals surface area contributed by atoms with Crippen LogP contribution in [0.3, 0.4) is 0 Å². The van der Waals surface area contributed by atoms with Crippen molar-refractivity contribution in [1.82, 2.24) is 5.32 Å². The van der Waals surface area contributed by atoms with Crippen LogP contribution in [0.2, 0.25) is 0 Å². The molecule has 1 N–H and O–H groups in total. The van der Waals surface area contributed by atoms with Gasteiger partial charge in [-0.2, -0.15) is 0 Å². The highest BCUT2D eigenvalue weighted by molar-refractivity contribution is 9.10. The molecule has 0 bridgehead atoms. The number of nitrogens with one attached hydrogen (secondary N) is 1. The van der Waals surface area contributed by atoms with Crippen LogP contribution in [0.25, 0.3) is 0 Å². The predicted molar refractivity (Wildman–Crippen MR) is 67.7 cm³/mol. The van der Waals surface area contributed by atoms with Gasteiger partial charge in [-0.1, -0.05) is 22.0 Å². The van der Waals surface area contributed by atoms with Gasteiger partial charge in [0, 0.05) is 24.0 Å². The Morgan fingerprint density at radius 2 is 2.25 bits per heavy atom. The van der Waals surface area contributed by atoms with Crippen molar-refractivity contribution < 1.29 is 4.74 Å². The lowest BCUT2D eigenvalue weighted by Gasteiger charge is -2.41. The molecule has 2 nitrogen and oxygen atoms in total. The molecule has 2 aliphatic rings. The molecule has 1 spiro atoms. The molecule has 3 heteroatoms. The van der Waals surface area contributed by atoms with Crippen LogP contribution in [0.4, 0.5) is 0 Å². The first-order valence-corrected chi connectivity index (χ1v) is 6.69. The van der Waals surface area contributed by atoms with Crippen molar-refractivity contribution in [2.75, 3.05) is 19.7 Å². The third-order valence-electron chi connectivity index (χ3n) is 3.67. The highest BCUT2D eigenvalue weighted by atomic mass is 79.9. The summed E-state index contributed by atoms with van der Waals surface area (Å²) < 4.78 is 7.20. The number of halogens is 1. The van der Waals surface area contributed by atoms with E-state index < -0.39 is 0 Å². The topological polar surface area (TPSA) is 21.3 Å². The fourth-order valence-electron chi connectivity index (χ4n) is 2.78. The molecule has 0 saturated carbocycles. The van der Waals surface area contributed by atoms with Gasteiger partial charge in [-0.25, -0.2) is 0 Å². The summed E-state index contributed by atoms with van der Waals surface area (Å²) in [6, 6.07) is 6.62. The van der Waals surface area contributed by atoms with Crippen LogP contribution in [-0.4, -0.2) is 25.3 Å². The Bertz CT molecular complexity index is 399. The molecule has 1 unspecified atom stereocenters. The summed E-state index contributed by atoms with van der Waals surface area (Å²) in [5.41, 5.74) is 3.01. The minimum absolute atomic E-state index is 0.0685. The zero-order valence-electron chi connectivity index (χ0n) is 9.26. The number of ether oxygens (including phenoxy) is 1. The molecule has 1 heterocycles. The van der Waals surface area contributed by atoms with Gasteiger partial charge in [0.25, 0.3) is 0 Å². The molecular formula is C13H16BrNO. The fourth-order valence-corrected chi connectivity index (χ4v) is 3.19. The maximum absolute atomic E-state index is 6.02. The smallest absolute Gasteiger partial charge is 0.0850 e. The molecule has 1 aliphatic carbocycles. The van der Waals surface area contributed by atoms with Crippen LogP contribution < -0.4 is 5.32 Å². The van der Waals surface area contributed by atoms with E-state index in [4.69, 9.17) is 4.74 Å². The van der Waals surface area contributed by atoms with E-state index in [9.17, 15) is 0 Å². The van der Waals surface area contributed by atoms with E-state index >= 15 is 0 Å². The second-order valence-corrected chi connectivity index (χ2v) is 5.71. The Kier molecular flexibility index (Phi) is 2.78. The van der Waals surface area contributed by atoms with Crippen molar-refractivity contribution in [3.05, 3.63) is 33.8 Å². The van der Waals surface area contributed by atoms with Gasteiger partial charge in [0.1, 0.15) is 0 Å². The van der Waals surface area contributed by atoms with Crippen LogP contribution in [0, 0.1) is 0 Å². The summed E-state index contributed by atoms with van der Waals surface area (Å²) in [4.78, 5) is 0. The Morgan fingerprint density at radius 3 is 3.06 bits per heavy atom. The lowest BCUT2D eigenvalue weighted by molar-refractivity contribution is -0.0739. The highest BCUT2D eigenvalue weighted by Crippen LogP contribution is 2.33. The van der Waals surface area contributed by atoms with E-state index in [1.54, 1.807) is 0 Å². The van der Waals surface area contributed by atoms with Gasteiger partial charge in [-0.05, 0) is 36.1 Å². The zero-order chi connectivity index (χ0) is 11.0. The summed E-state index contributed by atoms with van der Waals surface area (Å²) in [6.45, 7) is 2.85. The number of hydrogen-bond acceptors (Lipinski definition) is 2. The number of fused-ring (bicyclic) bond motifs is 1. The first kappa shape index (κ1) is 10.8. The SMILES string of the molecule is Brc1ccc2c(c1)CCC1(CNCCO1)C2. The van der Waals surface area contributed by atoms with Crippen LogP contribution in [-0.2, 0) is 17.6 Å². The average molecular weight is 282 g/mol. The molecule has 16 heavy (non-hydrogen) atoms. The fraction of sp³-hybridized carbons (Fsp3) is 0.538. The van der Waals surface area contributed by atoms with Crippen LogP contribution in [0.15, 0.2) is 22.7 Å². The Morgan fingerprint density at radius 1 is 1.31 bits per heavy atom. The Balaban J connectivity index is 1.88. The first-order valence-electron chi connectivity index (χ1n) is 5.89. The lowest BCUT2D eigenvalue weighted by atomic mass is 9.80. The third kappa shape index (κ3) is 1.92. The molecule has 1 aliphatic heterocycles. The number of aryl methyl sites for hydroxylation is 1. The summed E-state index contributed by atoms with van der Waals surface area (Å²) in [5, 5.41) is 3.45. The summed E-state index contributed by atoms with van der Waals surface area (Å²) >= 11 is 3.53. The molecule has 1 atom stereocenters. The summed E-state index contributed by atoms with van der Waals surface area (Å²) in [7, 11) is 0. The molecule has 0 aromatic heterocycles. The molecule has 1 aromatic carbocycles. The number of morpholine rings is 1. The largest absolute Gasteiger partial charge is 0.372 e. The molecule has 1 fully saturated rings. The molecule has 1 saturated heterocycles. The van der Waals surface area contributed by atoms with E-state index in [0.29, 0.717) is 0 Å². The van der Waals surface area contributed by atoms with Gasteiger partial charge in [0.2, 0.25) is 0 Å². The lowest BCUT2D eigenvalue weighted by Crippen LogP contribution is -2.52. The van der Waals surface area contributed by atoms with Crippen LogP contribution in [0.5, 0.6) is 0 Å². The molecule has 1 aromatic rings. The van der Waals surface area contributed by atoms with E-state index in [-0.39, 0.29) is 5.60 Å². The third-order valence-corrected chi connectivity index (χ3v) is 4.16.